The third-order valence-corrected chi connectivity index (χ3v) is 9.24. The van der Waals surface area contributed by atoms with Gasteiger partial charge in [-0.05, 0) is 88.1 Å². The molecule has 6 rings (SSSR count). The van der Waals surface area contributed by atoms with E-state index in [2.05, 4.69) is 31.7 Å². The van der Waals surface area contributed by atoms with Crippen molar-refractivity contribution in [2.75, 3.05) is 24.2 Å². The number of rotatable bonds is 6. The van der Waals surface area contributed by atoms with E-state index in [1.165, 1.54) is 6.33 Å². The molecule has 1 aliphatic carbocycles. The van der Waals surface area contributed by atoms with Gasteiger partial charge < -0.3 is 25.7 Å². The van der Waals surface area contributed by atoms with Crippen LogP contribution in [0.4, 0.5) is 11.5 Å². The minimum absolute atomic E-state index is 0.0193. The van der Waals surface area contributed by atoms with E-state index in [9.17, 15) is 9.59 Å². The first-order valence-corrected chi connectivity index (χ1v) is 14.3. The second-order valence-electron chi connectivity index (χ2n) is 11.9. The minimum atomic E-state index is -0.305. The predicted molar refractivity (Wildman–Crippen MR) is 156 cm³/mol. The predicted octanol–water partition coefficient (Wildman–Crippen LogP) is 4.40. The molecule has 9 nitrogen and oxygen atoms in total. The van der Waals surface area contributed by atoms with E-state index < -0.39 is 0 Å². The van der Waals surface area contributed by atoms with E-state index >= 15 is 0 Å². The summed E-state index contributed by atoms with van der Waals surface area (Å²) in [7, 11) is 2.01. The molecule has 3 aromatic rings. The highest BCUT2D eigenvalue weighted by atomic mass is 16.5. The number of ether oxygens (including phenoxy) is 1. The van der Waals surface area contributed by atoms with Gasteiger partial charge in [0.2, 0.25) is 0 Å². The number of anilines is 2. The molecule has 9 heteroatoms. The maximum Gasteiger partial charge on any atom is 0.250 e. The van der Waals surface area contributed by atoms with Crippen LogP contribution < -0.4 is 16.4 Å². The average Bonchev–Trinajstić information content (AvgIpc) is 3.54. The second kappa shape index (κ2) is 10.1. The Balaban J connectivity index is 1.31. The molecular weight excluding hydrogens is 504 g/mol. The van der Waals surface area contributed by atoms with Crippen molar-refractivity contribution in [3.63, 3.8) is 0 Å². The third-order valence-electron chi connectivity index (χ3n) is 9.24. The van der Waals surface area contributed by atoms with E-state index in [0.717, 1.165) is 84.2 Å². The number of carbonyl (C=O) groups excluding carboxylic acids is 2. The number of ketones is 1. The van der Waals surface area contributed by atoms with Crippen molar-refractivity contribution >= 4 is 34.2 Å². The van der Waals surface area contributed by atoms with Crippen LogP contribution in [0.25, 0.3) is 22.3 Å². The number of amides is 1. The van der Waals surface area contributed by atoms with Gasteiger partial charge in [-0.15, -0.1) is 0 Å². The number of aryl methyl sites for hydroxylation is 2. The summed E-state index contributed by atoms with van der Waals surface area (Å²) in [6.07, 6.45) is 6.75. The minimum Gasteiger partial charge on any atom is -0.383 e. The van der Waals surface area contributed by atoms with E-state index in [1.54, 1.807) is 6.92 Å². The van der Waals surface area contributed by atoms with Gasteiger partial charge in [0.05, 0.1) is 23.2 Å². The van der Waals surface area contributed by atoms with Gasteiger partial charge in [0.25, 0.3) is 5.91 Å². The molecule has 4 heterocycles. The number of nitrogens with two attached hydrogens (primary N) is 1. The van der Waals surface area contributed by atoms with Crippen molar-refractivity contribution in [3.05, 3.63) is 47.8 Å². The van der Waals surface area contributed by atoms with Gasteiger partial charge in [0, 0.05) is 29.8 Å². The van der Waals surface area contributed by atoms with Crippen LogP contribution in [0.3, 0.4) is 0 Å². The molecule has 3 aliphatic rings. The van der Waals surface area contributed by atoms with Gasteiger partial charge in [-0.2, -0.15) is 0 Å². The average molecular weight is 543 g/mol. The number of aromatic nitrogens is 3. The molecule has 0 radical (unpaired) electrons. The maximum atomic E-state index is 13.5. The van der Waals surface area contributed by atoms with Gasteiger partial charge in [0.15, 0.2) is 5.78 Å². The number of fused-ring (bicyclic) bond motifs is 1. The smallest absolute Gasteiger partial charge is 0.250 e. The molecule has 210 valence electrons. The normalized spacial score (nSPS) is 26.1. The molecule has 0 unspecified atom stereocenters. The summed E-state index contributed by atoms with van der Waals surface area (Å²) in [5.74, 6) is 0.780. The lowest BCUT2D eigenvalue weighted by Crippen LogP contribution is -2.67. The van der Waals surface area contributed by atoms with E-state index in [1.807, 2.05) is 32.2 Å². The van der Waals surface area contributed by atoms with Crippen LogP contribution in [0.15, 0.2) is 36.7 Å². The van der Waals surface area contributed by atoms with Gasteiger partial charge >= 0.3 is 0 Å². The Morgan fingerprint density at radius 1 is 1.23 bits per heavy atom. The summed E-state index contributed by atoms with van der Waals surface area (Å²) < 4.78 is 7.93. The van der Waals surface area contributed by atoms with Crippen LogP contribution in [-0.2, 0) is 21.4 Å². The number of benzene rings is 1. The first kappa shape index (κ1) is 26.7. The number of Topliss-reactive ketones (excluding diaryl/α,β-unsaturated/α-hetero) is 1. The van der Waals surface area contributed by atoms with Crippen molar-refractivity contribution in [1.29, 1.82) is 0 Å². The maximum absolute atomic E-state index is 13.5. The Hall–Kier alpha value is -3.56. The highest BCUT2D eigenvalue weighted by Gasteiger charge is 2.54. The highest BCUT2D eigenvalue weighted by Crippen LogP contribution is 2.47. The largest absolute Gasteiger partial charge is 0.383 e. The zero-order valence-corrected chi connectivity index (χ0v) is 23.5. The molecule has 1 aromatic carbocycles. The Morgan fingerprint density at radius 3 is 2.62 bits per heavy atom. The van der Waals surface area contributed by atoms with Crippen LogP contribution >= 0.6 is 0 Å². The van der Waals surface area contributed by atoms with Gasteiger partial charge in [-0.3, -0.25) is 9.59 Å². The first-order valence-electron chi connectivity index (χ1n) is 14.3. The van der Waals surface area contributed by atoms with E-state index in [4.69, 9.17) is 10.5 Å². The first-order chi connectivity index (χ1) is 19.2. The fourth-order valence-corrected chi connectivity index (χ4v) is 7.05. The van der Waals surface area contributed by atoms with Crippen molar-refractivity contribution in [3.8, 4) is 11.3 Å². The number of nitrogens with one attached hydrogen (secondary N) is 2. The van der Waals surface area contributed by atoms with E-state index in [0.29, 0.717) is 18.0 Å². The molecule has 40 heavy (non-hydrogen) atoms. The summed E-state index contributed by atoms with van der Waals surface area (Å²) in [5, 5.41) is 7.35. The zero-order chi connectivity index (χ0) is 28.2. The molecule has 2 aliphatic heterocycles. The lowest BCUT2D eigenvalue weighted by molar-refractivity contribution is -0.173. The summed E-state index contributed by atoms with van der Waals surface area (Å²) in [6, 6.07) is 5.94. The summed E-state index contributed by atoms with van der Waals surface area (Å²) in [4.78, 5) is 34.6. The fourth-order valence-electron chi connectivity index (χ4n) is 7.05. The Labute approximate surface area is 234 Å². The quantitative estimate of drug-likeness (QED) is 0.394. The van der Waals surface area contributed by atoms with Crippen molar-refractivity contribution in [1.82, 2.24) is 19.9 Å². The van der Waals surface area contributed by atoms with Crippen LogP contribution in [0, 0.1) is 12.8 Å². The molecule has 1 spiro atoms. The highest BCUT2D eigenvalue weighted by molar-refractivity contribution is 6.03. The Bertz CT molecular complexity index is 1510. The molecule has 4 N–H and O–H groups in total. The molecule has 2 atom stereocenters. The Morgan fingerprint density at radius 2 is 2.00 bits per heavy atom. The molecule has 3 fully saturated rings. The van der Waals surface area contributed by atoms with E-state index in [-0.39, 0.29) is 35.2 Å². The zero-order valence-electron chi connectivity index (χ0n) is 23.5. The lowest BCUT2D eigenvalue weighted by atomic mass is 9.72. The van der Waals surface area contributed by atoms with Gasteiger partial charge in [-0.1, -0.05) is 12.6 Å². The van der Waals surface area contributed by atoms with Crippen molar-refractivity contribution in [2.24, 2.45) is 13.0 Å². The number of nitrogen functional groups attached to an aromatic ring is 1. The topological polar surface area (TPSA) is 124 Å². The van der Waals surface area contributed by atoms with Crippen LogP contribution in [0.5, 0.6) is 0 Å². The van der Waals surface area contributed by atoms with Crippen LogP contribution in [0.1, 0.15) is 62.5 Å². The molecular formula is C31H38N6O3. The van der Waals surface area contributed by atoms with Gasteiger partial charge in [-0.25, -0.2) is 9.97 Å². The number of hydrogen-bond donors (Lipinski definition) is 3. The summed E-state index contributed by atoms with van der Waals surface area (Å²) in [6.45, 7) is 9.07. The standard InChI is InChI=1S/C31H38N6O3/c1-17(2)30(39)36-21-10-11-22(18(3)14-21)25-23(24-28(32)33-16-34-29(24)37(25)4)19-6-8-20(9-7-19)26(38)27-31(15-40-27)12-5-13-35-31/h10-11,14,16,19-20,27,35H,1,5-9,12-13,15H2,2-4H3,(H,36,39)(H2,32,33,34)/t19?,20?,27-,31+/m0/s1. The van der Waals surface area contributed by atoms with Crippen molar-refractivity contribution in [2.45, 2.75) is 69.9 Å². The lowest BCUT2D eigenvalue weighted by Gasteiger charge is -2.47. The van der Waals surface area contributed by atoms with Crippen molar-refractivity contribution < 1.29 is 14.3 Å². The molecule has 1 amide bonds. The fraction of sp³-hybridized carbons (Fsp3) is 0.484. The summed E-state index contributed by atoms with van der Waals surface area (Å²) >= 11 is 0. The summed E-state index contributed by atoms with van der Waals surface area (Å²) in [5.41, 5.74) is 12.6. The number of hydrogen-bond acceptors (Lipinski definition) is 7. The Kier molecular flexibility index (Phi) is 6.74. The number of carbonyl (C=O) groups is 2. The molecule has 2 saturated heterocycles. The molecule has 1 saturated carbocycles. The third kappa shape index (κ3) is 4.32. The molecule has 0 bridgehead atoms. The monoisotopic (exact) mass is 542 g/mol. The molecule has 2 aromatic heterocycles. The number of nitrogens with zero attached hydrogens (tertiary/aromatic N) is 3. The SMILES string of the molecule is C=C(C)C(=O)Nc1ccc(-c2c(C3CCC(C(=O)[C@@H]4OC[C@]45CCCN5)CC3)c3c(N)ncnc3n2C)c(C)c1. The van der Waals surface area contributed by atoms with Crippen LogP contribution in [-0.4, -0.2) is 51.0 Å². The van der Waals surface area contributed by atoms with Crippen LogP contribution in [0.2, 0.25) is 0 Å². The van der Waals surface area contributed by atoms with Gasteiger partial charge in [0.1, 0.15) is 23.9 Å². The second-order valence-corrected chi connectivity index (χ2v) is 11.9.